The summed E-state index contributed by atoms with van der Waals surface area (Å²) in [6.45, 7) is 5.74. The van der Waals surface area contributed by atoms with E-state index < -0.39 is 0 Å². The van der Waals surface area contributed by atoms with E-state index in [9.17, 15) is 4.79 Å². The Balaban J connectivity index is 1.75. The molecule has 1 unspecified atom stereocenters. The predicted octanol–water partition coefficient (Wildman–Crippen LogP) is 0.475. The molecule has 1 atom stereocenters. The first-order chi connectivity index (χ1) is 9.20. The highest BCUT2D eigenvalue weighted by Gasteiger charge is 2.34. The number of carbonyl (C=O) groups excluding carboxylic acids is 1. The van der Waals surface area contributed by atoms with E-state index in [1.807, 2.05) is 11.8 Å². The molecule has 0 spiro atoms. The van der Waals surface area contributed by atoms with Crippen LogP contribution in [-0.4, -0.2) is 58.1 Å². The van der Waals surface area contributed by atoms with Crippen molar-refractivity contribution in [2.45, 2.75) is 32.2 Å². The van der Waals surface area contributed by atoms with E-state index in [2.05, 4.69) is 15.1 Å². The normalized spacial score (nSPS) is 23.6. The molecular formula is C13H21N5O. The molecule has 0 saturated carbocycles. The van der Waals surface area contributed by atoms with Crippen molar-refractivity contribution >= 4 is 11.6 Å². The lowest BCUT2D eigenvalue weighted by atomic mass is 10.1. The van der Waals surface area contributed by atoms with E-state index >= 15 is 0 Å². The second-order valence-electron chi connectivity index (χ2n) is 5.40. The molecule has 6 nitrogen and oxygen atoms in total. The fourth-order valence-electron chi connectivity index (χ4n) is 3.14. The summed E-state index contributed by atoms with van der Waals surface area (Å²) in [5, 5.41) is 6.95. The van der Waals surface area contributed by atoms with Crippen molar-refractivity contribution in [2.24, 2.45) is 0 Å². The molecule has 2 aliphatic rings. The highest BCUT2D eigenvalue weighted by Crippen LogP contribution is 2.23. The molecule has 3 N–H and O–H groups in total. The van der Waals surface area contributed by atoms with Gasteiger partial charge in [-0.25, -0.2) is 0 Å². The van der Waals surface area contributed by atoms with Crippen LogP contribution in [0.2, 0.25) is 0 Å². The number of nitrogens with zero attached hydrogens (tertiary/aromatic N) is 3. The number of hydrogen-bond donors (Lipinski definition) is 2. The van der Waals surface area contributed by atoms with Gasteiger partial charge in [0.05, 0.1) is 11.4 Å². The van der Waals surface area contributed by atoms with E-state index in [0.717, 1.165) is 31.7 Å². The molecule has 1 amide bonds. The van der Waals surface area contributed by atoms with Crippen molar-refractivity contribution in [1.82, 2.24) is 20.0 Å². The molecule has 104 valence electrons. The summed E-state index contributed by atoms with van der Waals surface area (Å²) >= 11 is 0. The lowest BCUT2D eigenvalue weighted by Gasteiger charge is -2.37. The quantitative estimate of drug-likeness (QED) is 0.813. The third-order valence-electron chi connectivity index (χ3n) is 4.31. The van der Waals surface area contributed by atoms with Gasteiger partial charge in [0.2, 0.25) is 0 Å². The van der Waals surface area contributed by atoms with Gasteiger partial charge < -0.3 is 10.6 Å². The molecular weight excluding hydrogens is 242 g/mol. The topological polar surface area (TPSA) is 78.2 Å². The van der Waals surface area contributed by atoms with Gasteiger partial charge in [-0.3, -0.25) is 14.8 Å². The fraction of sp³-hybridized carbons (Fsp3) is 0.692. The fourth-order valence-corrected chi connectivity index (χ4v) is 3.14. The van der Waals surface area contributed by atoms with Crippen LogP contribution in [0.1, 0.15) is 35.9 Å². The molecule has 2 aliphatic heterocycles. The molecule has 19 heavy (non-hydrogen) atoms. The summed E-state index contributed by atoms with van der Waals surface area (Å²) in [5.74, 6) is -0.0278. The largest absolute Gasteiger partial charge is 0.395 e. The van der Waals surface area contributed by atoms with Crippen molar-refractivity contribution < 1.29 is 4.79 Å². The number of aromatic nitrogens is 2. The summed E-state index contributed by atoms with van der Waals surface area (Å²) in [4.78, 5) is 16.9. The Morgan fingerprint density at radius 2 is 2.32 bits per heavy atom. The Morgan fingerprint density at radius 3 is 3.05 bits per heavy atom. The Bertz CT molecular complexity index is 483. The molecule has 0 aromatic carbocycles. The van der Waals surface area contributed by atoms with Gasteiger partial charge in [-0.2, -0.15) is 5.10 Å². The summed E-state index contributed by atoms with van der Waals surface area (Å²) < 4.78 is 0. The summed E-state index contributed by atoms with van der Waals surface area (Å²) in [6, 6.07) is 0.531. The van der Waals surface area contributed by atoms with E-state index in [1.165, 1.54) is 19.4 Å². The van der Waals surface area contributed by atoms with E-state index in [1.54, 1.807) is 0 Å². The Kier molecular flexibility index (Phi) is 3.18. The van der Waals surface area contributed by atoms with Gasteiger partial charge in [0.1, 0.15) is 0 Å². The van der Waals surface area contributed by atoms with Gasteiger partial charge in [0.15, 0.2) is 5.69 Å². The standard InChI is InChI=1S/C13H21N5O/c1-2-10-11(14)12(16-15-10)13(19)18-7-6-17-5-3-4-9(17)8-18/h9H,2-8,14H2,1H3,(H,15,16). The number of nitrogen functional groups attached to an aromatic ring is 1. The van der Waals surface area contributed by atoms with Gasteiger partial charge in [-0.1, -0.05) is 6.92 Å². The predicted molar refractivity (Wildman–Crippen MR) is 72.9 cm³/mol. The smallest absolute Gasteiger partial charge is 0.276 e. The molecule has 0 bridgehead atoms. The van der Waals surface area contributed by atoms with Gasteiger partial charge in [0, 0.05) is 25.7 Å². The Hall–Kier alpha value is -1.56. The molecule has 1 aromatic rings. The monoisotopic (exact) mass is 263 g/mol. The minimum absolute atomic E-state index is 0.0278. The van der Waals surface area contributed by atoms with E-state index in [0.29, 0.717) is 17.4 Å². The van der Waals surface area contributed by atoms with Crippen molar-refractivity contribution in [3.05, 3.63) is 11.4 Å². The van der Waals surface area contributed by atoms with Gasteiger partial charge in [-0.15, -0.1) is 0 Å². The van der Waals surface area contributed by atoms with Gasteiger partial charge in [0.25, 0.3) is 5.91 Å². The molecule has 1 aromatic heterocycles. The number of piperazine rings is 1. The van der Waals surface area contributed by atoms with Crippen LogP contribution in [0.5, 0.6) is 0 Å². The molecule has 3 heterocycles. The SMILES string of the molecule is CCc1[nH]nc(C(=O)N2CCN3CCCC3C2)c1N. The molecule has 0 radical (unpaired) electrons. The van der Waals surface area contributed by atoms with Crippen molar-refractivity contribution in [3.8, 4) is 0 Å². The maximum absolute atomic E-state index is 12.5. The number of fused-ring (bicyclic) bond motifs is 1. The van der Waals surface area contributed by atoms with Gasteiger partial charge >= 0.3 is 0 Å². The maximum Gasteiger partial charge on any atom is 0.276 e. The van der Waals surface area contributed by atoms with Crippen molar-refractivity contribution in [1.29, 1.82) is 0 Å². The van der Waals surface area contributed by atoms with Crippen LogP contribution in [0.25, 0.3) is 0 Å². The number of aromatic amines is 1. The second kappa shape index (κ2) is 4.85. The number of anilines is 1. The highest BCUT2D eigenvalue weighted by molar-refractivity contribution is 5.97. The average Bonchev–Trinajstić information content (AvgIpc) is 3.03. The van der Waals surface area contributed by atoms with Crippen LogP contribution >= 0.6 is 0 Å². The zero-order chi connectivity index (χ0) is 13.4. The third kappa shape index (κ3) is 2.10. The van der Waals surface area contributed by atoms with Crippen LogP contribution in [0.4, 0.5) is 5.69 Å². The highest BCUT2D eigenvalue weighted by atomic mass is 16.2. The number of hydrogen-bond acceptors (Lipinski definition) is 4. The minimum Gasteiger partial charge on any atom is -0.395 e. The minimum atomic E-state index is -0.0278. The number of H-pyrrole nitrogens is 1. The number of carbonyl (C=O) groups is 1. The van der Waals surface area contributed by atoms with Crippen LogP contribution in [0.3, 0.4) is 0 Å². The number of aryl methyl sites for hydroxylation is 1. The Labute approximate surface area is 112 Å². The van der Waals surface area contributed by atoms with Crippen molar-refractivity contribution in [3.63, 3.8) is 0 Å². The summed E-state index contributed by atoms with van der Waals surface area (Å²) in [6.07, 6.45) is 3.21. The summed E-state index contributed by atoms with van der Waals surface area (Å²) in [5.41, 5.74) is 7.73. The lowest BCUT2D eigenvalue weighted by Crippen LogP contribution is -2.52. The van der Waals surface area contributed by atoms with Crippen LogP contribution in [0, 0.1) is 0 Å². The number of rotatable bonds is 2. The lowest BCUT2D eigenvalue weighted by molar-refractivity contribution is 0.0566. The summed E-state index contributed by atoms with van der Waals surface area (Å²) in [7, 11) is 0. The number of nitrogens with two attached hydrogens (primary N) is 1. The first-order valence-corrected chi connectivity index (χ1v) is 7.06. The first kappa shape index (κ1) is 12.5. The van der Waals surface area contributed by atoms with Crippen LogP contribution < -0.4 is 5.73 Å². The van der Waals surface area contributed by atoms with Crippen LogP contribution in [-0.2, 0) is 6.42 Å². The maximum atomic E-state index is 12.5. The van der Waals surface area contributed by atoms with E-state index in [-0.39, 0.29) is 5.91 Å². The van der Waals surface area contributed by atoms with Crippen LogP contribution in [0.15, 0.2) is 0 Å². The second-order valence-corrected chi connectivity index (χ2v) is 5.40. The Morgan fingerprint density at radius 1 is 1.47 bits per heavy atom. The molecule has 2 saturated heterocycles. The van der Waals surface area contributed by atoms with Gasteiger partial charge in [-0.05, 0) is 25.8 Å². The number of amides is 1. The zero-order valence-electron chi connectivity index (χ0n) is 11.4. The van der Waals surface area contributed by atoms with Crippen molar-refractivity contribution in [2.75, 3.05) is 31.9 Å². The molecule has 3 rings (SSSR count). The average molecular weight is 263 g/mol. The van der Waals surface area contributed by atoms with E-state index in [4.69, 9.17) is 5.73 Å². The molecule has 6 heteroatoms. The number of nitrogens with one attached hydrogen (secondary N) is 1. The first-order valence-electron chi connectivity index (χ1n) is 7.06. The zero-order valence-corrected chi connectivity index (χ0v) is 11.4. The molecule has 0 aliphatic carbocycles. The molecule has 2 fully saturated rings. The third-order valence-corrected chi connectivity index (χ3v) is 4.31.